The first-order chi connectivity index (χ1) is 15.2. The first-order valence-electron chi connectivity index (χ1n) is 10.3. The van der Waals surface area contributed by atoms with Crippen LogP contribution in [0.4, 0.5) is 29.1 Å². The van der Waals surface area contributed by atoms with Gasteiger partial charge in [-0.25, -0.2) is 0 Å². The maximum atomic E-state index is 13.0. The molecule has 0 atom stereocenters. The standard InChI is InChI=1S/C20H23F3N6O2S/c1-26(18-24-25-19(32-18)29-7-3-6-16(29)30)13-17(31)28-10-8-27(9-11-28)15-5-2-4-14(12-15)20(21,22)23/h2,4-5,12H,3,6-11,13H2,1H3. The van der Waals surface area contributed by atoms with E-state index in [4.69, 9.17) is 0 Å². The van der Waals surface area contributed by atoms with Crippen molar-refractivity contribution in [2.24, 2.45) is 0 Å². The Kier molecular flexibility index (Phi) is 6.22. The molecule has 8 nitrogen and oxygen atoms in total. The molecule has 0 radical (unpaired) electrons. The minimum Gasteiger partial charge on any atom is -0.368 e. The summed E-state index contributed by atoms with van der Waals surface area (Å²) in [6, 6.07) is 5.25. The van der Waals surface area contributed by atoms with E-state index in [2.05, 4.69) is 10.2 Å². The van der Waals surface area contributed by atoms with Gasteiger partial charge in [0.05, 0.1) is 12.1 Å². The van der Waals surface area contributed by atoms with Crippen LogP contribution >= 0.6 is 11.3 Å². The van der Waals surface area contributed by atoms with E-state index in [0.717, 1.165) is 18.6 Å². The van der Waals surface area contributed by atoms with Gasteiger partial charge < -0.3 is 14.7 Å². The highest BCUT2D eigenvalue weighted by Crippen LogP contribution is 2.32. The molecule has 3 heterocycles. The smallest absolute Gasteiger partial charge is 0.368 e. The van der Waals surface area contributed by atoms with Crippen molar-refractivity contribution in [2.45, 2.75) is 19.0 Å². The average molecular weight is 469 g/mol. The molecule has 2 amide bonds. The highest BCUT2D eigenvalue weighted by atomic mass is 32.1. The van der Waals surface area contributed by atoms with Crippen LogP contribution in [-0.4, -0.2) is 73.2 Å². The Labute approximate surface area is 187 Å². The van der Waals surface area contributed by atoms with Gasteiger partial charge in [0.1, 0.15) is 0 Å². The summed E-state index contributed by atoms with van der Waals surface area (Å²) < 4.78 is 38.9. The number of hydrogen-bond acceptors (Lipinski definition) is 7. The predicted molar refractivity (Wildman–Crippen MR) is 115 cm³/mol. The highest BCUT2D eigenvalue weighted by molar-refractivity contribution is 7.19. The predicted octanol–water partition coefficient (Wildman–Crippen LogP) is 2.47. The third kappa shape index (κ3) is 4.79. The Bertz CT molecular complexity index is 990. The number of nitrogens with zero attached hydrogens (tertiary/aromatic N) is 6. The van der Waals surface area contributed by atoms with Crippen molar-refractivity contribution in [1.29, 1.82) is 0 Å². The zero-order valence-corrected chi connectivity index (χ0v) is 18.3. The molecule has 0 aliphatic carbocycles. The molecule has 172 valence electrons. The minimum absolute atomic E-state index is 0.0325. The Hall–Kier alpha value is -2.89. The average Bonchev–Trinajstić information content (AvgIpc) is 3.42. The van der Waals surface area contributed by atoms with E-state index in [9.17, 15) is 22.8 Å². The van der Waals surface area contributed by atoms with Gasteiger partial charge >= 0.3 is 6.18 Å². The second kappa shape index (κ2) is 8.93. The van der Waals surface area contributed by atoms with Gasteiger partial charge in [-0.3, -0.25) is 14.5 Å². The molecular weight excluding hydrogens is 445 g/mol. The SMILES string of the molecule is CN(CC(=O)N1CCN(c2cccc(C(F)(F)F)c2)CC1)c1nnc(N2CCCC2=O)s1. The van der Waals surface area contributed by atoms with Crippen LogP contribution in [0.25, 0.3) is 0 Å². The largest absolute Gasteiger partial charge is 0.416 e. The van der Waals surface area contributed by atoms with Crippen molar-refractivity contribution in [3.63, 3.8) is 0 Å². The molecule has 2 aromatic rings. The summed E-state index contributed by atoms with van der Waals surface area (Å²) in [7, 11) is 1.74. The van der Waals surface area contributed by atoms with Gasteiger partial charge in [-0.2, -0.15) is 13.2 Å². The highest BCUT2D eigenvalue weighted by Gasteiger charge is 2.31. The van der Waals surface area contributed by atoms with E-state index in [1.807, 2.05) is 4.90 Å². The Morgan fingerprint density at radius 3 is 2.56 bits per heavy atom. The number of anilines is 3. The Balaban J connectivity index is 1.31. The number of alkyl halides is 3. The quantitative estimate of drug-likeness (QED) is 0.672. The number of rotatable bonds is 5. The fraction of sp³-hybridized carbons (Fsp3) is 0.500. The molecule has 2 fully saturated rings. The number of carbonyl (C=O) groups is 2. The van der Waals surface area contributed by atoms with Crippen LogP contribution in [-0.2, 0) is 15.8 Å². The molecule has 2 aliphatic rings. The van der Waals surface area contributed by atoms with Crippen LogP contribution in [0.3, 0.4) is 0 Å². The number of hydrogen-bond donors (Lipinski definition) is 0. The number of likely N-dealkylation sites (N-methyl/N-ethyl adjacent to an activating group) is 1. The van der Waals surface area contributed by atoms with Gasteiger partial charge in [-0.15, -0.1) is 10.2 Å². The number of piperazine rings is 1. The minimum atomic E-state index is -4.38. The molecule has 0 bridgehead atoms. The lowest BCUT2D eigenvalue weighted by Gasteiger charge is -2.36. The third-order valence-corrected chi connectivity index (χ3v) is 6.64. The number of halogens is 3. The van der Waals surface area contributed by atoms with Gasteiger partial charge in [0.15, 0.2) is 0 Å². The molecule has 2 aliphatic heterocycles. The summed E-state index contributed by atoms with van der Waals surface area (Å²) in [5.74, 6) is -0.0599. The van der Waals surface area contributed by atoms with Crippen LogP contribution in [0.15, 0.2) is 24.3 Å². The molecule has 1 aromatic carbocycles. The summed E-state index contributed by atoms with van der Waals surface area (Å²) in [6.45, 7) is 2.49. The fourth-order valence-corrected chi connectivity index (χ4v) is 4.64. The van der Waals surface area contributed by atoms with Crippen molar-refractivity contribution in [3.05, 3.63) is 29.8 Å². The molecule has 1 aromatic heterocycles. The zero-order valence-electron chi connectivity index (χ0n) is 17.5. The normalized spacial score (nSPS) is 17.2. The van der Waals surface area contributed by atoms with Gasteiger partial charge in [0, 0.05) is 51.9 Å². The van der Waals surface area contributed by atoms with Gasteiger partial charge in [0.25, 0.3) is 0 Å². The van der Waals surface area contributed by atoms with E-state index in [1.54, 1.807) is 27.8 Å². The monoisotopic (exact) mass is 468 g/mol. The number of amides is 2. The lowest BCUT2D eigenvalue weighted by molar-refractivity contribution is -0.137. The molecule has 0 spiro atoms. The van der Waals surface area contributed by atoms with Crippen LogP contribution in [0.5, 0.6) is 0 Å². The zero-order chi connectivity index (χ0) is 22.9. The molecule has 2 saturated heterocycles. The first-order valence-corrected chi connectivity index (χ1v) is 11.1. The van der Waals surface area contributed by atoms with Crippen molar-refractivity contribution in [3.8, 4) is 0 Å². The van der Waals surface area contributed by atoms with E-state index in [-0.39, 0.29) is 18.4 Å². The van der Waals surface area contributed by atoms with E-state index in [0.29, 0.717) is 55.1 Å². The van der Waals surface area contributed by atoms with Crippen molar-refractivity contribution < 1.29 is 22.8 Å². The maximum absolute atomic E-state index is 13.0. The van der Waals surface area contributed by atoms with Crippen LogP contribution in [0, 0.1) is 0 Å². The van der Waals surface area contributed by atoms with E-state index in [1.165, 1.54) is 17.4 Å². The van der Waals surface area contributed by atoms with Gasteiger partial charge in [-0.1, -0.05) is 17.4 Å². The second-order valence-corrected chi connectivity index (χ2v) is 8.72. The van der Waals surface area contributed by atoms with Crippen LogP contribution < -0.4 is 14.7 Å². The summed E-state index contributed by atoms with van der Waals surface area (Å²) in [6.07, 6.45) is -3.07. The lowest BCUT2D eigenvalue weighted by atomic mass is 10.1. The van der Waals surface area contributed by atoms with E-state index < -0.39 is 11.7 Å². The van der Waals surface area contributed by atoms with E-state index >= 15 is 0 Å². The molecule has 32 heavy (non-hydrogen) atoms. The number of benzene rings is 1. The van der Waals surface area contributed by atoms with Gasteiger partial charge in [-0.05, 0) is 24.6 Å². The lowest BCUT2D eigenvalue weighted by Crippen LogP contribution is -2.51. The van der Waals surface area contributed by atoms with Crippen molar-refractivity contribution >= 4 is 39.1 Å². The van der Waals surface area contributed by atoms with Crippen molar-refractivity contribution in [2.75, 3.05) is 61.0 Å². The molecule has 0 saturated carbocycles. The molecular formula is C20H23F3N6O2S. The second-order valence-electron chi connectivity index (χ2n) is 7.79. The number of aromatic nitrogens is 2. The molecule has 4 rings (SSSR count). The summed E-state index contributed by atoms with van der Waals surface area (Å²) in [5.41, 5.74) is -0.177. The van der Waals surface area contributed by atoms with Crippen LogP contribution in [0.2, 0.25) is 0 Å². The Morgan fingerprint density at radius 1 is 1.16 bits per heavy atom. The molecule has 0 unspecified atom stereocenters. The summed E-state index contributed by atoms with van der Waals surface area (Å²) >= 11 is 1.27. The topological polar surface area (TPSA) is 72.9 Å². The Morgan fingerprint density at radius 2 is 1.91 bits per heavy atom. The summed E-state index contributed by atoms with van der Waals surface area (Å²) in [4.78, 5) is 31.5. The fourth-order valence-electron chi connectivity index (χ4n) is 3.79. The third-order valence-electron chi connectivity index (χ3n) is 5.58. The molecule has 12 heteroatoms. The van der Waals surface area contributed by atoms with Gasteiger partial charge in [0.2, 0.25) is 22.1 Å². The summed E-state index contributed by atoms with van der Waals surface area (Å²) in [5, 5.41) is 9.27. The first kappa shape index (κ1) is 22.3. The molecule has 0 N–H and O–H groups in total. The number of carbonyl (C=O) groups excluding carboxylic acids is 2. The maximum Gasteiger partial charge on any atom is 0.416 e. The van der Waals surface area contributed by atoms with Crippen LogP contribution in [0.1, 0.15) is 18.4 Å². The van der Waals surface area contributed by atoms with Crippen molar-refractivity contribution in [1.82, 2.24) is 15.1 Å².